The van der Waals surface area contributed by atoms with Gasteiger partial charge in [0.05, 0.1) is 5.69 Å². The third-order valence-electron chi connectivity index (χ3n) is 2.38. The molecule has 2 aromatic carbocycles. The van der Waals surface area contributed by atoms with Crippen LogP contribution in [0, 0.1) is 11.6 Å². The van der Waals surface area contributed by atoms with Crippen LogP contribution in [0.4, 0.5) is 20.2 Å². The minimum Gasteiger partial charge on any atom is -0.481 e. The van der Waals surface area contributed by atoms with Gasteiger partial charge in [-0.1, -0.05) is 18.2 Å². The first-order chi connectivity index (χ1) is 9.34. The maximum absolute atomic E-state index is 13.3. The van der Waals surface area contributed by atoms with Crippen molar-refractivity contribution in [1.29, 1.82) is 0 Å². The molecule has 0 aliphatic heterocycles. The standard InChI is InChI=1S/C12H10F2N2.C2H4O2/c13-9-6-5-8(12(16)11(9)14)7-3-1-2-4-10(7)15;1-2(3)4/h1-6H,15-16H2;1H3,(H,3,4). The zero-order chi connectivity index (χ0) is 15.3. The molecule has 0 radical (unpaired) electrons. The highest BCUT2D eigenvalue weighted by Gasteiger charge is 2.13. The van der Waals surface area contributed by atoms with Crippen molar-refractivity contribution in [2.24, 2.45) is 0 Å². The largest absolute Gasteiger partial charge is 0.481 e. The molecule has 2 rings (SSSR count). The summed E-state index contributed by atoms with van der Waals surface area (Å²) in [6.07, 6.45) is 0. The van der Waals surface area contributed by atoms with Gasteiger partial charge in [-0.15, -0.1) is 0 Å². The summed E-state index contributed by atoms with van der Waals surface area (Å²) in [5.74, 6) is -2.84. The van der Waals surface area contributed by atoms with Crippen LogP contribution >= 0.6 is 0 Å². The first-order valence-electron chi connectivity index (χ1n) is 5.62. The van der Waals surface area contributed by atoms with Crippen LogP contribution in [-0.4, -0.2) is 11.1 Å². The number of halogens is 2. The van der Waals surface area contributed by atoms with Gasteiger partial charge in [-0.05, 0) is 18.2 Å². The lowest BCUT2D eigenvalue weighted by atomic mass is 10.0. The van der Waals surface area contributed by atoms with Crippen molar-refractivity contribution >= 4 is 17.3 Å². The SMILES string of the molecule is CC(=O)O.Nc1ccccc1-c1ccc(F)c(F)c1N. The van der Waals surface area contributed by atoms with E-state index in [-0.39, 0.29) is 5.69 Å². The van der Waals surface area contributed by atoms with Crippen molar-refractivity contribution < 1.29 is 18.7 Å². The summed E-state index contributed by atoms with van der Waals surface area (Å²) in [6.45, 7) is 1.08. The normalized spacial score (nSPS) is 9.55. The number of rotatable bonds is 1. The van der Waals surface area contributed by atoms with Gasteiger partial charge in [-0.25, -0.2) is 8.78 Å². The van der Waals surface area contributed by atoms with Crippen LogP contribution in [0.1, 0.15) is 6.92 Å². The van der Waals surface area contributed by atoms with Crippen LogP contribution in [0.2, 0.25) is 0 Å². The second kappa shape index (κ2) is 6.51. The molecule has 20 heavy (non-hydrogen) atoms. The van der Waals surface area contributed by atoms with Crippen molar-refractivity contribution in [2.45, 2.75) is 6.92 Å². The summed E-state index contributed by atoms with van der Waals surface area (Å²) in [5, 5.41) is 7.42. The topological polar surface area (TPSA) is 89.3 Å². The van der Waals surface area contributed by atoms with Gasteiger partial charge in [-0.2, -0.15) is 0 Å². The molecule has 5 N–H and O–H groups in total. The smallest absolute Gasteiger partial charge is 0.300 e. The predicted octanol–water partition coefficient (Wildman–Crippen LogP) is 2.89. The lowest BCUT2D eigenvalue weighted by Gasteiger charge is -2.09. The number of hydrogen-bond acceptors (Lipinski definition) is 3. The number of hydrogen-bond donors (Lipinski definition) is 3. The van der Waals surface area contributed by atoms with Crippen molar-refractivity contribution in [3.8, 4) is 11.1 Å². The van der Waals surface area contributed by atoms with E-state index in [9.17, 15) is 8.78 Å². The maximum atomic E-state index is 13.3. The molecule has 0 saturated carbocycles. The molecular weight excluding hydrogens is 266 g/mol. The molecule has 2 aromatic rings. The van der Waals surface area contributed by atoms with Gasteiger partial charge in [0.1, 0.15) is 0 Å². The van der Waals surface area contributed by atoms with Gasteiger partial charge in [0, 0.05) is 23.7 Å². The first kappa shape index (κ1) is 15.4. The summed E-state index contributed by atoms with van der Waals surface area (Å²) in [4.78, 5) is 9.00. The number of nitrogen functional groups attached to an aromatic ring is 2. The minimum absolute atomic E-state index is 0.224. The third-order valence-corrected chi connectivity index (χ3v) is 2.38. The predicted molar refractivity (Wildman–Crippen MR) is 73.9 cm³/mol. The summed E-state index contributed by atoms with van der Waals surface area (Å²) in [7, 11) is 0. The van der Waals surface area contributed by atoms with E-state index in [1.807, 2.05) is 0 Å². The Morgan fingerprint density at radius 2 is 1.60 bits per heavy atom. The van der Waals surface area contributed by atoms with Crippen LogP contribution in [0.25, 0.3) is 11.1 Å². The molecule has 0 atom stereocenters. The monoisotopic (exact) mass is 280 g/mol. The summed E-state index contributed by atoms with van der Waals surface area (Å²) in [6, 6.07) is 9.35. The molecule has 106 valence electrons. The molecule has 4 nitrogen and oxygen atoms in total. The molecule has 0 saturated heterocycles. The molecule has 0 aliphatic carbocycles. The highest BCUT2D eigenvalue weighted by atomic mass is 19.2. The molecule has 6 heteroatoms. The molecule has 0 aromatic heterocycles. The molecule has 0 fully saturated rings. The van der Waals surface area contributed by atoms with Gasteiger partial charge in [0.2, 0.25) is 0 Å². The van der Waals surface area contributed by atoms with Gasteiger partial charge in [0.25, 0.3) is 5.97 Å². The molecular formula is C14H14F2N2O2. The highest BCUT2D eigenvalue weighted by molar-refractivity contribution is 5.84. The van der Waals surface area contributed by atoms with E-state index >= 15 is 0 Å². The van der Waals surface area contributed by atoms with E-state index in [0.717, 1.165) is 13.0 Å². The molecule has 0 aliphatic rings. The third kappa shape index (κ3) is 3.68. The Balaban J connectivity index is 0.000000444. The van der Waals surface area contributed by atoms with Crippen LogP contribution in [0.15, 0.2) is 36.4 Å². The zero-order valence-electron chi connectivity index (χ0n) is 10.7. The lowest BCUT2D eigenvalue weighted by molar-refractivity contribution is -0.134. The number of carboxylic acids is 1. The number of anilines is 2. The van der Waals surface area contributed by atoms with Crippen LogP contribution in [0.5, 0.6) is 0 Å². The van der Waals surface area contributed by atoms with E-state index in [1.165, 1.54) is 6.07 Å². The van der Waals surface area contributed by atoms with Gasteiger partial charge in [0.15, 0.2) is 11.6 Å². The minimum atomic E-state index is -1.04. The fourth-order valence-corrected chi connectivity index (χ4v) is 1.54. The molecule has 0 bridgehead atoms. The Morgan fingerprint density at radius 1 is 1.05 bits per heavy atom. The summed E-state index contributed by atoms with van der Waals surface area (Å²) < 4.78 is 26.2. The van der Waals surface area contributed by atoms with Gasteiger partial charge in [-0.3, -0.25) is 4.79 Å². The van der Waals surface area contributed by atoms with E-state index in [4.69, 9.17) is 21.4 Å². The number of nitrogens with two attached hydrogens (primary N) is 2. The van der Waals surface area contributed by atoms with Crippen molar-refractivity contribution in [3.63, 3.8) is 0 Å². The van der Waals surface area contributed by atoms with Crippen LogP contribution in [-0.2, 0) is 4.79 Å². The quantitative estimate of drug-likeness (QED) is 0.701. The average molecular weight is 280 g/mol. The number of carboxylic acid groups (broad SMARTS) is 1. The molecule has 0 amide bonds. The number of carbonyl (C=O) groups is 1. The Morgan fingerprint density at radius 3 is 2.15 bits per heavy atom. The second-order valence-electron chi connectivity index (χ2n) is 3.93. The number of para-hydroxylation sites is 1. The van der Waals surface area contributed by atoms with E-state index in [1.54, 1.807) is 24.3 Å². The fourth-order valence-electron chi connectivity index (χ4n) is 1.54. The number of benzene rings is 2. The highest BCUT2D eigenvalue weighted by Crippen LogP contribution is 2.32. The molecule has 0 spiro atoms. The van der Waals surface area contributed by atoms with Crippen LogP contribution in [0.3, 0.4) is 0 Å². The fraction of sp³-hybridized carbons (Fsp3) is 0.0714. The second-order valence-corrected chi connectivity index (χ2v) is 3.93. The lowest BCUT2D eigenvalue weighted by Crippen LogP contribution is -1.99. The number of aliphatic carboxylic acids is 1. The van der Waals surface area contributed by atoms with Crippen molar-refractivity contribution in [2.75, 3.05) is 11.5 Å². The van der Waals surface area contributed by atoms with Crippen LogP contribution < -0.4 is 11.5 Å². The van der Waals surface area contributed by atoms with E-state index < -0.39 is 17.6 Å². The van der Waals surface area contributed by atoms with E-state index in [0.29, 0.717) is 16.8 Å². The average Bonchev–Trinajstić information content (AvgIpc) is 2.37. The summed E-state index contributed by atoms with van der Waals surface area (Å²) >= 11 is 0. The van der Waals surface area contributed by atoms with Gasteiger partial charge < -0.3 is 16.6 Å². The van der Waals surface area contributed by atoms with Gasteiger partial charge >= 0.3 is 0 Å². The molecule has 0 heterocycles. The Labute approximate surface area is 114 Å². The van der Waals surface area contributed by atoms with Crippen molar-refractivity contribution in [1.82, 2.24) is 0 Å². The van der Waals surface area contributed by atoms with Crippen molar-refractivity contribution in [3.05, 3.63) is 48.0 Å². The maximum Gasteiger partial charge on any atom is 0.300 e. The van der Waals surface area contributed by atoms with E-state index in [2.05, 4.69) is 0 Å². The Kier molecular flexibility index (Phi) is 5.02. The Bertz CT molecular complexity index is 627. The molecule has 0 unspecified atom stereocenters. The Hall–Kier alpha value is -2.63. The zero-order valence-corrected chi connectivity index (χ0v) is 10.7. The first-order valence-corrected chi connectivity index (χ1v) is 5.62. The summed E-state index contributed by atoms with van der Waals surface area (Å²) in [5.41, 5.74) is 12.5.